The Morgan fingerprint density at radius 1 is 0.369 bits per heavy atom. The van der Waals surface area contributed by atoms with Gasteiger partial charge in [-0.2, -0.15) is 0 Å². The first kappa shape index (κ1) is 38.6. The molecule has 1 aliphatic carbocycles. The van der Waals surface area contributed by atoms with E-state index in [2.05, 4.69) is 238 Å². The van der Waals surface area contributed by atoms with Crippen molar-refractivity contribution in [3.8, 4) is 55.6 Å². The van der Waals surface area contributed by atoms with Gasteiger partial charge in [-0.1, -0.05) is 220 Å². The molecular formula is C63H46N2. The number of amidine groups is 1. The Morgan fingerprint density at radius 2 is 0.846 bits per heavy atom. The van der Waals surface area contributed by atoms with Crippen LogP contribution in [-0.4, -0.2) is 5.84 Å². The summed E-state index contributed by atoms with van der Waals surface area (Å²) in [5, 5.41) is 8.67. The van der Waals surface area contributed by atoms with E-state index in [1.54, 1.807) is 0 Å². The van der Waals surface area contributed by atoms with Crippen molar-refractivity contribution in [2.45, 2.75) is 25.3 Å². The first-order valence-electron chi connectivity index (χ1n) is 22.6. The summed E-state index contributed by atoms with van der Waals surface area (Å²) in [6.07, 6.45) is 2.23. The maximum absolute atomic E-state index is 5.05. The fourth-order valence-corrected chi connectivity index (χ4v) is 10.2. The molecule has 2 aliphatic rings. The molecule has 0 saturated carbocycles. The van der Waals surface area contributed by atoms with Crippen molar-refractivity contribution in [2.24, 2.45) is 4.99 Å². The van der Waals surface area contributed by atoms with E-state index in [1.807, 2.05) is 12.1 Å². The number of fused-ring (bicyclic) bond motifs is 5. The van der Waals surface area contributed by atoms with Gasteiger partial charge in [-0.3, -0.25) is 0 Å². The number of hydrogen-bond donors (Lipinski definition) is 1. The predicted molar refractivity (Wildman–Crippen MR) is 274 cm³/mol. The van der Waals surface area contributed by atoms with Crippen molar-refractivity contribution in [2.75, 3.05) is 0 Å². The average Bonchev–Trinajstić information content (AvgIpc) is 3.61. The summed E-state index contributed by atoms with van der Waals surface area (Å²) >= 11 is 0. The molecule has 0 saturated heterocycles. The fraction of sp³-hybridized carbons (Fsp3) is 0.0635. The predicted octanol–water partition coefficient (Wildman–Crippen LogP) is 16.1. The normalized spacial score (nSPS) is 14.9. The van der Waals surface area contributed by atoms with E-state index in [0.29, 0.717) is 0 Å². The Balaban J connectivity index is 0.805. The van der Waals surface area contributed by atoms with E-state index >= 15 is 0 Å². The van der Waals surface area contributed by atoms with Crippen LogP contribution in [0.4, 0.5) is 0 Å². The highest BCUT2D eigenvalue weighted by molar-refractivity contribution is 6.07. The minimum Gasteiger partial charge on any atom is -0.359 e. The van der Waals surface area contributed by atoms with Crippen LogP contribution >= 0.6 is 0 Å². The molecule has 10 aromatic rings. The highest BCUT2D eigenvalue weighted by Gasteiger charge is 2.35. The topological polar surface area (TPSA) is 24.4 Å². The summed E-state index contributed by atoms with van der Waals surface area (Å²) in [5.74, 6) is 0.880. The summed E-state index contributed by atoms with van der Waals surface area (Å²) in [4.78, 5) is 5.05. The minimum absolute atomic E-state index is 0.0149. The van der Waals surface area contributed by atoms with Crippen molar-refractivity contribution in [3.63, 3.8) is 0 Å². The second-order valence-electron chi connectivity index (χ2n) is 18.0. The van der Waals surface area contributed by atoms with Crippen LogP contribution in [-0.2, 0) is 5.41 Å². The smallest absolute Gasteiger partial charge is 0.134 e. The van der Waals surface area contributed by atoms with Crippen LogP contribution in [0.1, 0.15) is 47.7 Å². The molecule has 0 spiro atoms. The number of hydrogen-bond acceptors (Lipinski definition) is 2. The SMILES string of the molecule is CC1(C)c2ccccc2-c2ccc(-c3ccc(-c4ccc5c(-c6cccc7cc(-c8ccc(C9C=C(c%10ccccc%10)N=C(c%10ccccc%10)N9)cc8)ccc67)cccc5c4)cc3)cc21. The van der Waals surface area contributed by atoms with Gasteiger partial charge in [0.05, 0.1) is 11.7 Å². The molecule has 12 rings (SSSR count). The quantitative estimate of drug-likeness (QED) is 0.170. The van der Waals surface area contributed by atoms with Crippen molar-refractivity contribution >= 4 is 33.1 Å². The molecular weight excluding hydrogens is 785 g/mol. The summed E-state index contributed by atoms with van der Waals surface area (Å²) in [6, 6.07) is 81.9. The van der Waals surface area contributed by atoms with Gasteiger partial charge in [-0.15, -0.1) is 0 Å². The monoisotopic (exact) mass is 830 g/mol. The van der Waals surface area contributed by atoms with Crippen LogP contribution in [0.3, 0.4) is 0 Å². The third-order valence-electron chi connectivity index (χ3n) is 13.8. The first-order chi connectivity index (χ1) is 31.9. The number of rotatable bonds is 7. The molecule has 1 atom stereocenters. The Bertz CT molecular complexity index is 3500. The van der Waals surface area contributed by atoms with Crippen LogP contribution in [0.2, 0.25) is 0 Å². The van der Waals surface area contributed by atoms with E-state index in [0.717, 1.165) is 22.7 Å². The highest BCUT2D eigenvalue weighted by Crippen LogP contribution is 2.49. The lowest BCUT2D eigenvalue weighted by atomic mass is 9.81. The van der Waals surface area contributed by atoms with Gasteiger partial charge in [0.1, 0.15) is 5.84 Å². The molecule has 2 heteroatoms. The zero-order valence-electron chi connectivity index (χ0n) is 36.5. The molecule has 1 aliphatic heterocycles. The number of benzene rings is 10. The van der Waals surface area contributed by atoms with E-state index in [4.69, 9.17) is 4.99 Å². The maximum Gasteiger partial charge on any atom is 0.134 e. The van der Waals surface area contributed by atoms with Gasteiger partial charge in [0, 0.05) is 11.0 Å². The van der Waals surface area contributed by atoms with Crippen molar-refractivity contribution < 1.29 is 0 Å². The zero-order valence-corrected chi connectivity index (χ0v) is 36.5. The maximum atomic E-state index is 5.05. The molecule has 65 heavy (non-hydrogen) atoms. The third kappa shape index (κ3) is 6.87. The Kier molecular flexibility index (Phi) is 9.28. The van der Waals surface area contributed by atoms with Gasteiger partial charge >= 0.3 is 0 Å². The average molecular weight is 831 g/mol. The molecule has 0 radical (unpaired) electrons. The van der Waals surface area contributed by atoms with Crippen molar-refractivity contribution in [1.82, 2.24) is 5.32 Å². The first-order valence-corrected chi connectivity index (χ1v) is 22.6. The highest BCUT2D eigenvalue weighted by atomic mass is 15.0. The summed E-state index contributed by atoms with van der Waals surface area (Å²) in [7, 11) is 0. The minimum atomic E-state index is -0.0171. The van der Waals surface area contributed by atoms with Crippen LogP contribution in [0.15, 0.2) is 236 Å². The molecule has 1 N–H and O–H groups in total. The molecule has 10 aromatic carbocycles. The van der Waals surface area contributed by atoms with Crippen molar-refractivity contribution in [3.05, 3.63) is 258 Å². The molecule has 0 aromatic heterocycles. The van der Waals surface area contributed by atoms with Gasteiger partial charge < -0.3 is 5.32 Å². The van der Waals surface area contributed by atoms with Gasteiger partial charge in [-0.05, 0) is 124 Å². The number of nitrogens with zero attached hydrogens (tertiary/aromatic N) is 1. The van der Waals surface area contributed by atoms with E-state index < -0.39 is 0 Å². The van der Waals surface area contributed by atoms with Gasteiger partial charge in [0.15, 0.2) is 0 Å². The largest absolute Gasteiger partial charge is 0.359 e. The van der Waals surface area contributed by atoms with E-state index in [1.165, 1.54) is 93.9 Å². The van der Waals surface area contributed by atoms with E-state index in [9.17, 15) is 0 Å². The zero-order chi connectivity index (χ0) is 43.5. The molecule has 1 heterocycles. The second-order valence-corrected chi connectivity index (χ2v) is 18.0. The van der Waals surface area contributed by atoms with Crippen LogP contribution < -0.4 is 5.32 Å². The molecule has 308 valence electrons. The van der Waals surface area contributed by atoms with Gasteiger partial charge in [-0.25, -0.2) is 4.99 Å². The molecule has 1 unspecified atom stereocenters. The third-order valence-corrected chi connectivity index (χ3v) is 13.8. The van der Waals surface area contributed by atoms with Gasteiger partial charge in [0.25, 0.3) is 0 Å². The summed E-state index contributed by atoms with van der Waals surface area (Å²) in [5.41, 5.74) is 19.7. The Morgan fingerprint density at radius 3 is 1.46 bits per heavy atom. The summed E-state index contributed by atoms with van der Waals surface area (Å²) in [6.45, 7) is 4.69. The number of nitrogens with one attached hydrogen (secondary N) is 1. The lowest BCUT2D eigenvalue weighted by Gasteiger charge is -2.24. The van der Waals surface area contributed by atoms with Crippen LogP contribution in [0.5, 0.6) is 0 Å². The molecule has 2 nitrogen and oxygen atoms in total. The van der Waals surface area contributed by atoms with E-state index in [-0.39, 0.29) is 11.5 Å². The molecule has 0 fully saturated rings. The number of aliphatic imine (C=N–C) groups is 1. The van der Waals surface area contributed by atoms with Crippen LogP contribution in [0.25, 0.3) is 82.9 Å². The summed E-state index contributed by atoms with van der Waals surface area (Å²) < 4.78 is 0. The molecule has 0 amide bonds. The lowest BCUT2D eigenvalue weighted by Crippen LogP contribution is -2.31. The standard InChI is InChI=1S/C63H46N2/c1-63(2)58-22-10-9-19-56(58)57-36-33-49(39-59(57)63)43-25-23-41(24-26-43)47-31-34-52-50(37-47)17-11-20-54(52)55-21-12-18-51-38-48(32-35-53(51)55)42-27-29-45(30-28-42)61-40-60(44-13-5-3-6-14-44)64-62(65-61)46-15-7-4-8-16-46/h3-40,61H,1-2H3,(H,64,65). The lowest BCUT2D eigenvalue weighted by molar-refractivity contribution is 0.660. The molecule has 0 bridgehead atoms. The van der Waals surface area contributed by atoms with Crippen LogP contribution in [0, 0.1) is 0 Å². The second kappa shape index (κ2) is 15.6. The van der Waals surface area contributed by atoms with Gasteiger partial charge in [0.2, 0.25) is 0 Å². The fourth-order valence-electron chi connectivity index (χ4n) is 10.2. The van der Waals surface area contributed by atoms with Crippen molar-refractivity contribution in [1.29, 1.82) is 0 Å². The Labute approximate surface area is 380 Å². The Hall–Kier alpha value is -8.07.